The van der Waals surface area contributed by atoms with Gasteiger partial charge in [0.25, 0.3) is 5.91 Å². The van der Waals surface area contributed by atoms with E-state index in [9.17, 15) is 18.8 Å². The molecule has 1 saturated carbocycles. The molecule has 1 aliphatic carbocycles. The first-order valence-corrected chi connectivity index (χ1v) is 10.8. The Morgan fingerprint density at radius 1 is 1.12 bits per heavy atom. The molecule has 0 radical (unpaired) electrons. The highest BCUT2D eigenvalue weighted by molar-refractivity contribution is 6.04. The predicted octanol–water partition coefficient (Wildman–Crippen LogP) is 3.26. The van der Waals surface area contributed by atoms with Gasteiger partial charge in [0.15, 0.2) is 19.0 Å². The molecule has 1 N–H and O–H groups in total. The van der Waals surface area contributed by atoms with E-state index in [4.69, 9.17) is 9.47 Å². The first-order valence-electron chi connectivity index (χ1n) is 10.8. The molecular formula is C24H25FN2O5. The Morgan fingerprint density at radius 3 is 2.72 bits per heavy atom. The van der Waals surface area contributed by atoms with Gasteiger partial charge in [0.2, 0.25) is 5.91 Å². The molecule has 7 nitrogen and oxygen atoms in total. The number of halogens is 1. The number of carbonyl (C=O) groups excluding carboxylic acids is 3. The van der Waals surface area contributed by atoms with E-state index in [1.54, 1.807) is 18.2 Å². The normalized spacial score (nSPS) is 16.2. The van der Waals surface area contributed by atoms with Crippen LogP contribution in [0.25, 0.3) is 0 Å². The van der Waals surface area contributed by atoms with Crippen LogP contribution in [0.1, 0.15) is 42.5 Å². The molecule has 2 aliphatic rings. The number of Topliss-reactive ketones (excluding diaryl/α,β-unsaturated/α-hetero) is 1. The van der Waals surface area contributed by atoms with Gasteiger partial charge in [-0.1, -0.05) is 25.3 Å². The fourth-order valence-corrected chi connectivity index (χ4v) is 4.00. The van der Waals surface area contributed by atoms with Crippen molar-refractivity contribution in [3.8, 4) is 11.5 Å². The van der Waals surface area contributed by atoms with E-state index >= 15 is 0 Å². The van der Waals surface area contributed by atoms with E-state index in [0.29, 0.717) is 17.0 Å². The summed E-state index contributed by atoms with van der Waals surface area (Å²) in [6, 6.07) is 10.4. The first kappa shape index (κ1) is 21.8. The fraction of sp³-hybridized carbons (Fsp3) is 0.375. The number of carbonyl (C=O) groups is 3. The zero-order valence-corrected chi connectivity index (χ0v) is 17.6. The van der Waals surface area contributed by atoms with Crippen molar-refractivity contribution in [2.45, 2.75) is 38.1 Å². The number of nitrogens with zero attached hydrogens (tertiary/aromatic N) is 1. The van der Waals surface area contributed by atoms with E-state index in [0.717, 1.165) is 25.7 Å². The second-order valence-electron chi connectivity index (χ2n) is 8.02. The van der Waals surface area contributed by atoms with Crippen molar-refractivity contribution in [1.82, 2.24) is 5.32 Å². The van der Waals surface area contributed by atoms with Crippen molar-refractivity contribution in [3.05, 3.63) is 53.8 Å². The molecule has 0 unspecified atom stereocenters. The molecule has 32 heavy (non-hydrogen) atoms. The number of anilines is 1. The predicted molar refractivity (Wildman–Crippen MR) is 116 cm³/mol. The van der Waals surface area contributed by atoms with Crippen molar-refractivity contribution in [2.24, 2.45) is 0 Å². The third-order valence-corrected chi connectivity index (χ3v) is 5.66. The summed E-state index contributed by atoms with van der Waals surface area (Å²) in [5.41, 5.74) is 0.674. The molecular weight excluding hydrogens is 415 g/mol. The quantitative estimate of drug-likeness (QED) is 0.668. The fourth-order valence-electron chi connectivity index (χ4n) is 4.00. The van der Waals surface area contributed by atoms with Crippen LogP contribution in [0.4, 0.5) is 10.1 Å². The van der Waals surface area contributed by atoms with Gasteiger partial charge in [-0.3, -0.25) is 19.3 Å². The SMILES string of the molecule is O=C(CN1C(=O)COc2ccc(C(=O)COc3cccc(F)c3)cc21)NC1CCCCC1. The number of ether oxygens (including phenoxy) is 2. The molecule has 1 heterocycles. The molecule has 0 aromatic heterocycles. The van der Waals surface area contributed by atoms with E-state index in [-0.39, 0.29) is 49.1 Å². The summed E-state index contributed by atoms with van der Waals surface area (Å²) < 4.78 is 24.1. The number of hydrogen-bond donors (Lipinski definition) is 1. The van der Waals surface area contributed by atoms with Crippen molar-refractivity contribution < 1.29 is 28.2 Å². The average Bonchev–Trinajstić information content (AvgIpc) is 2.80. The van der Waals surface area contributed by atoms with Crippen molar-refractivity contribution >= 4 is 23.3 Å². The number of fused-ring (bicyclic) bond motifs is 1. The molecule has 2 amide bonds. The number of amides is 2. The lowest BCUT2D eigenvalue weighted by molar-refractivity contribution is -0.125. The summed E-state index contributed by atoms with van der Waals surface area (Å²) in [6.07, 6.45) is 5.26. The molecule has 4 rings (SSSR count). The maximum atomic E-state index is 13.3. The Balaban J connectivity index is 1.45. The topological polar surface area (TPSA) is 84.9 Å². The molecule has 1 fully saturated rings. The van der Waals surface area contributed by atoms with Gasteiger partial charge in [-0.2, -0.15) is 0 Å². The van der Waals surface area contributed by atoms with Gasteiger partial charge in [0.1, 0.15) is 23.9 Å². The van der Waals surface area contributed by atoms with Gasteiger partial charge in [-0.25, -0.2) is 4.39 Å². The van der Waals surface area contributed by atoms with Gasteiger partial charge in [-0.15, -0.1) is 0 Å². The van der Waals surface area contributed by atoms with E-state index in [1.807, 2.05) is 0 Å². The van der Waals surface area contributed by atoms with Crippen LogP contribution in [0.2, 0.25) is 0 Å². The number of nitrogens with one attached hydrogen (secondary N) is 1. The van der Waals surface area contributed by atoms with E-state index < -0.39 is 5.82 Å². The summed E-state index contributed by atoms with van der Waals surface area (Å²) >= 11 is 0. The molecule has 0 saturated heterocycles. The first-order chi connectivity index (χ1) is 15.5. The molecule has 0 atom stereocenters. The van der Waals surface area contributed by atoms with Gasteiger partial charge in [0.05, 0.1) is 5.69 Å². The molecule has 2 aromatic carbocycles. The van der Waals surface area contributed by atoms with Gasteiger partial charge in [-0.05, 0) is 43.2 Å². The van der Waals surface area contributed by atoms with Gasteiger partial charge < -0.3 is 14.8 Å². The lowest BCUT2D eigenvalue weighted by Gasteiger charge is -2.30. The molecule has 0 bridgehead atoms. The third-order valence-electron chi connectivity index (χ3n) is 5.66. The lowest BCUT2D eigenvalue weighted by Crippen LogP contribution is -2.47. The minimum Gasteiger partial charge on any atom is -0.485 e. The zero-order valence-electron chi connectivity index (χ0n) is 17.6. The summed E-state index contributed by atoms with van der Waals surface area (Å²) in [5, 5.41) is 3.01. The maximum Gasteiger partial charge on any atom is 0.265 e. The van der Waals surface area contributed by atoms with E-state index in [2.05, 4.69) is 5.32 Å². The summed E-state index contributed by atoms with van der Waals surface area (Å²) in [6.45, 7) is -0.595. The molecule has 2 aromatic rings. The Hall–Kier alpha value is -3.42. The monoisotopic (exact) mass is 440 g/mol. The smallest absolute Gasteiger partial charge is 0.265 e. The number of rotatable bonds is 7. The summed E-state index contributed by atoms with van der Waals surface area (Å²) in [4.78, 5) is 39.0. The standard InChI is InChI=1S/C24H25FN2O5/c25-17-5-4-8-19(12-17)31-14-21(28)16-9-10-22-20(11-16)27(24(30)15-32-22)13-23(29)26-18-6-2-1-3-7-18/h4-5,8-12,18H,1-3,6-7,13-15H2,(H,26,29). The largest absolute Gasteiger partial charge is 0.485 e. The highest BCUT2D eigenvalue weighted by Crippen LogP contribution is 2.33. The van der Waals surface area contributed by atoms with Crippen LogP contribution in [0.15, 0.2) is 42.5 Å². The Kier molecular flexibility index (Phi) is 6.68. The van der Waals surface area contributed by atoms with Crippen LogP contribution in [0, 0.1) is 5.82 Å². The molecule has 0 spiro atoms. The van der Waals surface area contributed by atoms with Gasteiger partial charge in [0, 0.05) is 17.7 Å². The van der Waals surface area contributed by atoms with Crippen LogP contribution < -0.4 is 19.7 Å². The zero-order chi connectivity index (χ0) is 22.5. The highest BCUT2D eigenvalue weighted by Gasteiger charge is 2.29. The van der Waals surface area contributed by atoms with Crippen LogP contribution in [0.3, 0.4) is 0 Å². The van der Waals surface area contributed by atoms with Crippen molar-refractivity contribution in [2.75, 3.05) is 24.7 Å². The van der Waals surface area contributed by atoms with Crippen LogP contribution in [-0.2, 0) is 9.59 Å². The minimum absolute atomic E-state index is 0.136. The maximum absolute atomic E-state index is 13.3. The van der Waals surface area contributed by atoms with E-state index in [1.165, 1.54) is 35.6 Å². The average molecular weight is 440 g/mol. The van der Waals surface area contributed by atoms with Crippen LogP contribution in [0.5, 0.6) is 11.5 Å². The minimum atomic E-state index is -0.457. The second-order valence-corrected chi connectivity index (χ2v) is 8.02. The molecule has 8 heteroatoms. The molecule has 168 valence electrons. The number of hydrogen-bond acceptors (Lipinski definition) is 5. The molecule has 1 aliphatic heterocycles. The second kappa shape index (κ2) is 9.80. The third kappa shape index (κ3) is 5.25. The van der Waals surface area contributed by atoms with Crippen LogP contribution >= 0.6 is 0 Å². The number of benzene rings is 2. The van der Waals surface area contributed by atoms with Crippen molar-refractivity contribution in [3.63, 3.8) is 0 Å². The lowest BCUT2D eigenvalue weighted by atomic mass is 9.95. The highest BCUT2D eigenvalue weighted by atomic mass is 19.1. The van der Waals surface area contributed by atoms with Gasteiger partial charge >= 0.3 is 0 Å². The summed E-state index contributed by atoms with van der Waals surface area (Å²) in [7, 11) is 0. The van der Waals surface area contributed by atoms with Crippen molar-refractivity contribution in [1.29, 1.82) is 0 Å². The Morgan fingerprint density at radius 2 is 1.94 bits per heavy atom. The Bertz CT molecular complexity index is 1020. The summed E-state index contributed by atoms with van der Waals surface area (Å²) in [5.74, 6) is -0.710. The number of ketones is 1. The Labute approximate surface area is 185 Å². The van der Waals surface area contributed by atoms with Crippen LogP contribution in [-0.4, -0.2) is 43.4 Å².